The number of anilines is 1. The number of hydrogen-bond donors (Lipinski definition) is 0. The van der Waals surface area contributed by atoms with Gasteiger partial charge in [0.05, 0.1) is 24.8 Å². The lowest BCUT2D eigenvalue weighted by Crippen LogP contribution is -2.37. The van der Waals surface area contributed by atoms with E-state index in [0.29, 0.717) is 18.2 Å². The lowest BCUT2D eigenvalue weighted by atomic mass is 9.85. The van der Waals surface area contributed by atoms with Crippen molar-refractivity contribution in [2.45, 2.75) is 57.5 Å². The minimum absolute atomic E-state index is 0.168. The van der Waals surface area contributed by atoms with Crippen LogP contribution in [0.2, 0.25) is 0 Å². The van der Waals surface area contributed by atoms with Crippen molar-refractivity contribution in [2.24, 2.45) is 5.92 Å². The Morgan fingerprint density at radius 3 is 2.50 bits per heavy atom. The highest BCUT2D eigenvalue weighted by Crippen LogP contribution is 2.35. The number of amides is 1. The highest BCUT2D eigenvalue weighted by atomic mass is 16.5. The van der Waals surface area contributed by atoms with Crippen molar-refractivity contribution in [3.05, 3.63) is 24.5 Å². The normalized spacial score (nSPS) is 24.5. The third-order valence-electron chi connectivity index (χ3n) is 7.16. The van der Waals surface area contributed by atoms with E-state index in [1.807, 2.05) is 0 Å². The summed E-state index contributed by atoms with van der Waals surface area (Å²) in [6.07, 6.45) is 12.0. The van der Waals surface area contributed by atoms with Crippen LogP contribution in [0.4, 0.5) is 5.69 Å². The van der Waals surface area contributed by atoms with Crippen LogP contribution in [-0.4, -0.2) is 66.3 Å². The Balaban J connectivity index is 1.22. The molecule has 1 aliphatic carbocycles. The van der Waals surface area contributed by atoms with Gasteiger partial charge < -0.3 is 19.3 Å². The molecule has 0 radical (unpaired) electrons. The molecule has 172 valence electrons. The van der Waals surface area contributed by atoms with E-state index >= 15 is 0 Å². The largest absolute Gasteiger partial charge is 0.488 e. The summed E-state index contributed by atoms with van der Waals surface area (Å²) < 4.78 is 12.0. The summed E-state index contributed by atoms with van der Waals surface area (Å²) in [6.45, 7) is 5.14. The van der Waals surface area contributed by atoms with Gasteiger partial charge in [-0.25, -0.2) is 4.98 Å². The van der Waals surface area contributed by atoms with Crippen LogP contribution >= 0.6 is 0 Å². The van der Waals surface area contributed by atoms with Gasteiger partial charge in [0.15, 0.2) is 0 Å². The number of aromatic nitrogens is 2. The summed E-state index contributed by atoms with van der Waals surface area (Å²) in [5, 5.41) is 0. The Labute approximate surface area is 190 Å². The zero-order chi connectivity index (χ0) is 21.8. The Hall–Kier alpha value is -2.41. The highest BCUT2D eigenvalue weighted by molar-refractivity contribution is 5.85. The molecule has 0 atom stereocenters. The molecule has 1 amide bonds. The zero-order valence-electron chi connectivity index (χ0n) is 18.9. The monoisotopic (exact) mass is 438 g/mol. The Morgan fingerprint density at radius 2 is 1.72 bits per heavy atom. The van der Waals surface area contributed by atoms with E-state index in [1.165, 1.54) is 6.42 Å². The van der Waals surface area contributed by atoms with Crippen molar-refractivity contribution < 1.29 is 14.3 Å². The third kappa shape index (κ3) is 4.98. The zero-order valence-corrected chi connectivity index (χ0v) is 18.9. The van der Waals surface area contributed by atoms with E-state index in [9.17, 15) is 4.79 Å². The smallest absolute Gasteiger partial charge is 0.222 e. The van der Waals surface area contributed by atoms with Crippen LogP contribution in [0, 0.1) is 5.92 Å². The van der Waals surface area contributed by atoms with Crippen LogP contribution in [0.3, 0.4) is 0 Å². The van der Waals surface area contributed by atoms with Crippen molar-refractivity contribution >= 4 is 22.6 Å². The molecule has 32 heavy (non-hydrogen) atoms. The summed E-state index contributed by atoms with van der Waals surface area (Å²) in [5.74, 6) is 1.67. The van der Waals surface area contributed by atoms with Gasteiger partial charge in [-0.3, -0.25) is 9.78 Å². The number of ether oxygens (including phenoxy) is 2. The molecule has 2 aliphatic heterocycles. The highest BCUT2D eigenvalue weighted by Gasteiger charge is 2.27. The maximum Gasteiger partial charge on any atom is 0.222 e. The second-order valence-electron chi connectivity index (χ2n) is 9.37. The SMILES string of the molecule is O=C(CC1CCC(Oc2cc(N3CCOCC3)cc3nccnc23)CC1)N1CCCCC1. The fraction of sp³-hybridized carbons (Fsp3) is 0.640. The number of carbonyl (C=O) groups is 1. The second kappa shape index (κ2) is 10.0. The number of nitrogens with zero attached hydrogens (tertiary/aromatic N) is 4. The fourth-order valence-corrected chi connectivity index (χ4v) is 5.28. The number of hydrogen-bond acceptors (Lipinski definition) is 6. The van der Waals surface area contributed by atoms with Crippen LogP contribution < -0.4 is 9.64 Å². The molecule has 3 heterocycles. The summed E-state index contributed by atoms with van der Waals surface area (Å²) in [4.78, 5) is 26.1. The van der Waals surface area contributed by atoms with Crippen molar-refractivity contribution in [1.82, 2.24) is 14.9 Å². The summed E-state index contributed by atoms with van der Waals surface area (Å²) >= 11 is 0. The molecule has 0 unspecified atom stereocenters. The minimum atomic E-state index is 0.168. The van der Waals surface area contributed by atoms with Gasteiger partial charge in [-0.1, -0.05) is 0 Å². The van der Waals surface area contributed by atoms with Gasteiger partial charge in [-0.2, -0.15) is 0 Å². The first-order chi connectivity index (χ1) is 15.8. The van der Waals surface area contributed by atoms with E-state index in [0.717, 1.165) is 100 Å². The molecule has 0 spiro atoms. The Kier molecular flexibility index (Phi) is 6.72. The fourth-order valence-electron chi connectivity index (χ4n) is 5.28. The number of morpholine rings is 1. The minimum Gasteiger partial charge on any atom is -0.488 e. The van der Waals surface area contributed by atoms with Gasteiger partial charge in [0.2, 0.25) is 5.91 Å². The molecule has 7 heteroatoms. The average molecular weight is 439 g/mol. The standard InChI is InChI=1S/C25H34N4O3/c30-24(29-10-2-1-3-11-29)16-19-4-6-21(7-5-19)32-23-18-20(28-12-14-31-15-13-28)17-22-25(23)27-9-8-26-22/h8-9,17-19,21H,1-7,10-16H2. The third-order valence-corrected chi connectivity index (χ3v) is 7.16. The van der Waals surface area contributed by atoms with E-state index in [2.05, 4.69) is 31.9 Å². The molecule has 7 nitrogen and oxygen atoms in total. The molecular weight excluding hydrogens is 404 g/mol. The summed E-state index contributed by atoms with van der Waals surface area (Å²) in [6, 6.07) is 4.22. The van der Waals surface area contributed by atoms with Gasteiger partial charge in [0.1, 0.15) is 11.3 Å². The topological polar surface area (TPSA) is 67.8 Å². The van der Waals surface area contributed by atoms with E-state index < -0.39 is 0 Å². The molecular formula is C25H34N4O3. The van der Waals surface area contributed by atoms with Crippen LogP contribution in [0.1, 0.15) is 51.4 Å². The maximum absolute atomic E-state index is 12.6. The molecule has 3 fully saturated rings. The van der Waals surface area contributed by atoms with Crippen LogP contribution in [0.5, 0.6) is 5.75 Å². The van der Waals surface area contributed by atoms with Crippen molar-refractivity contribution in [2.75, 3.05) is 44.3 Å². The molecule has 0 bridgehead atoms. The van der Waals surface area contributed by atoms with Gasteiger partial charge >= 0.3 is 0 Å². The van der Waals surface area contributed by atoms with Gasteiger partial charge in [0.25, 0.3) is 0 Å². The number of fused-ring (bicyclic) bond motifs is 1. The van der Waals surface area contributed by atoms with Gasteiger partial charge in [-0.05, 0) is 56.9 Å². The lowest BCUT2D eigenvalue weighted by molar-refractivity contribution is -0.133. The average Bonchev–Trinajstić information content (AvgIpc) is 2.86. The number of carbonyl (C=O) groups excluding carboxylic acids is 1. The Morgan fingerprint density at radius 1 is 0.969 bits per heavy atom. The molecule has 1 aromatic carbocycles. The van der Waals surface area contributed by atoms with Crippen molar-refractivity contribution in [1.29, 1.82) is 0 Å². The van der Waals surface area contributed by atoms with Crippen LogP contribution in [0.15, 0.2) is 24.5 Å². The summed E-state index contributed by atoms with van der Waals surface area (Å²) in [7, 11) is 0. The van der Waals surface area contributed by atoms with Gasteiger partial charge in [-0.15, -0.1) is 0 Å². The number of piperidine rings is 1. The first-order valence-electron chi connectivity index (χ1n) is 12.3. The first-order valence-corrected chi connectivity index (χ1v) is 12.3. The first kappa shape index (κ1) is 21.4. The predicted molar refractivity (Wildman–Crippen MR) is 124 cm³/mol. The number of benzene rings is 1. The number of rotatable bonds is 5. The van der Waals surface area contributed by atoms with Crippen molar-refractivity contribution in [3.63, 3.8) is 0 Å². The van der Waals surface area contributed by atoms with Crippen molar-refractivity contribution in [3.8, 4) is 5.75 Å². The molecule has 2 aromatic rings. The van der Waals surface area contributed by atoms with E-state index in [1.54, 1.807) is 12.4 Å². The number of likely N-dealkylation sites (tertiary alicyclic amines) is 1. The lowest BCUT2D eigenvalue weighted by Gasteiger charge is -2.32. The van der Waals surface area contributed by atoms with E-state index in [4.69, 9.17) is 9.47 Å². The van der Waals surface area contributed by atoms with Crippen LogP contribution in [-0.2, 0) is 9.53 Å². The quantitative estimate of drug-likeness (QED) is 0.707. The second-order valence-corrected chi connectivity index (χ2v) is 9.37. The maximum atomic E-state index is 12.6. The predicted octanol–water partition coefficient (Wildman–Crippen LogP) is 3.81. The molecule has 5 rings (SSSR count). The van der Waals surface area contributed by atoms with E-state index in [-0.39, 0.29) is 6.10 Å². The summed E-state index contributed by atoms with van der Waals surface area (Å²) in [5.41, 5.74) is 2.82. The Bertz CT molecular complexity index is 917. The molecule has 1 saturated carbocycles. The molecule has 1 aromatic heterocycles. The van der Waals surface area contributed by atoms with Gasteiger partial charge in [0, 0.05) is 56.7 Å². The van der Waals surface area contributed by atoms with Crippen LogP contribution in [0.25, 0.3) is 11.0 Å². The molecule has 0 N–H and O–H groups in total. The molecule has 3 aliphatic rings. The molecule has 2 saturated heterocycles.